The zero-order valence-electron chi connectivity index (χ0n) is 14.1. The Labute approximate surface area is 156 Å². The molecule has 0 fully saturated rings. The molecule has 0 saturated carbocycles. The molecule has 9 heteroatoms. The minimum absolute atomic E-state index is 0.0388. The number of halogens is 4. The van der Waals surface area contributed by atoms with Crippen molar-refractivity contribution in [3.63, 3.8) is 0 Å². The van der Waals surface area contributed by atoms with E-state index in [1.54, 1.807) is 6.92 Å². The van der Waals surface area contributed by atoms with Gasteiger partial charge in [0.2, 0.25) is 0 Å². The molecular formula is C17H17BrF3NO4. The van der Waals surface area contributed by atoms with Crippen LogP contribution in [0.25, 0.3) is 11.3 Å². The first kappa shape index (κ1) is 20.3. The zero-order valence-corrected chi connectivity index (χ0v) is 15.7. The summed E-state index contributed by atoms with van der Waals surface area (Å²) in [6.45, 7) is 3.98. The van der Waals surface area contributed by atoms with Crippen molar-refractivity contribution in [3.8, 4) is 17.0 Å². The molecular weight excluding hydrogens is 419 g/mol. The average Bonchev–Trinajstić information content (AvgIpc) is 3.08. The SMILES string of the molecule is CCCOc1ccc(-c2cc(C(Br)C(=O)OCC)on2)c(C(F)(F)F)c1. The van der Waals surface area contributed by atoms with Gasteiger partial charge in [0.25, 0.3) is 0 Å². The number of nitrogens with zero attached hydrogens (tertiary/aromatic N) is 1. The first-order chi connectivity index (χ1) is 12.3. The second-order valence-corrected chi connectivity index (χ2v) is 6.20. The monoisotopic (exact) mass is 435 g/mol. The molecule has 5 nitrogen and oxygen atoms in total. The van der Waals surface area contributed by atoms with Crippen molar-refractivity contribution in [2.45, 2.75) is 31.3 Å². The van der Waals surface area contributed by atoms with E-state index in [0.29, 0.717) is 13.0 Å². The number of ether oxygens (including phenoxy) is 2. The first-order valence-corrected chi connectivity index (χ1v) is 8.81. The quantitative estimate of drug-likeness (QED) is 0.444. The van der Waals surface area contributed by atoms with E-state index in [9.17, 15) is 18.0 Å². The summed E-state index contributed by atoms with van der Waals surface area (Å²) >= 11 is 3.09. The molecule has 0 saturated heterocycles. The Morgan fingerprint density at radius 3 is 2.65 bits per heavy atom. The van der Waals surface area contributed by atoms with Crippen molar-refractivity contribution in [3.05, 3.63) is 35.6 Å². The van der Waals surface area contributed by atoms with Crippen LogP contribution in [0.4, 0.5) is 13.2 Å². The van der Waals surface area contributed by atoms with Crippen LogP contribution in [-0.4, -0.2) is 24.3 Å². The van der Waals surface area contributed by atoms with E-state index >= 15 is 0 Å². The van der Waals surface area contributed by atoms with Gasteiger partial charge in [-0.25, -0.2) is 0 Å². The molecule has 0 N–H and O–H groups in total. The summed E-state index contributed by atoms with van der Waals surface area (Å²) in [7, 11) is 0. The van der Waals surface area contributed by atoms with Gasteiger partial charge < -0.3 is 14.0 Å². The lowest BCUT2D eigenvalue weighted by Gasteiger charge is -2.13. The minimum Gasteiger partial charge on any atom is -0.494 e. The molecule has 0 aliphatic rings. The van der Waals surface area contributed by atoms with Gasteiger partial charge in [0.15, 0.2) is 10.6 Å². The van der Waals surface area contributed by atoms with Gasteiger partial charge >= 0.3 is 12.1 Å². The normalized spacial score (nSPS) is 12.7. The lowest BCUT2D eigenvalue weighted by atomic mass is 10.0. The van der Waals surface area contributed by atoms with E-state index < -0.39 is 22.5 Å². The molecule has 26 heavy (non-hydrogen) atoms. The molecule has 0 amide bonds. The molecule has 2 rings (SSSR count). The fourth-order valence-corrected chi connectivity index (χ4v) is 2.51. The summed E-state index contributed by atoms with van der Waals surface area (Å²) in [5.41, 5.74) is -1.10. The fourth-order valence-electron chi connectivity index (χ4n) is 2.16. The number of carbonyl (C=O) groups excluding carboxylic acids is 1. The van der Waals surface area contributed by atoms with Crippen LogP contribution in [0.5, 0.6) is 5.75 Å². The molecule has 0 radical (unpaired) electrons. The van der Waals surface area contributed by atoms with Crippen molar-refractivity contribution in [2.75, 3.05) is 13.2 Å². The zero-order chi connectivity index (χ0) is 19.3. The van der Waals surface area contributed by atoms with Crippen LogP contribution in [0.15, 0.2) is 28.8 Å². The standard InChI is InChI=1S/C17H17BrF3NO4/c1-3-7-25-10-5-6-11(12(8-10)17(19,20)21)13-9-14(26-22-13)15(18)16(23)24-4-2/h5-6,8-9,15H,3-4,7H2,1-2H3. The topological polar surface area (TPSA) is 61.6 Å². The number of benzene rings is 1. The van der Waals surface area contributed by atoms with Crippen molar-refractivity contribution in [1.82, 2.24) is 5.16 Å². The molecule has 1 unspecified atom stereocenters. The molecule has 1 aromatic heterocycles. The largest absolute Gasteiger partial charge is 0.494 e. The Hall–Kier alpha value is -2.03. The summed E-state index contributed by atoms with van der Waals surface area (Å²) in [4.78, 5) is 10.8. The third kappa shape index (κ3) is 4.78. The van der Waals surface area contributed by atoms with Crippen LogP contribution in [0.1, 0.15) is 36.4 Å². The van der Waals surface area contributed by atoms with E-state index in [4.69, 9.17) is 14.0 Å². The number of esters is 1. The maximum atomic E-state index is 13.4. The van der Waals surface area contributed by atoms with E-state index in [-0.39, 0.29) is 29.4 Å². The van der Waals surface area contributed by atoms with Gasteiger partial charge in [0, 0.05) is 11.6 Å². The van der Waals surface area contributed by atoms with E-state index in [2.05, 4.69) is 21.1 Å². The van der Waals surface area contributed by atoms with E-state index in [0.717, 1.165) is 6.07 Å². The number of alkyl halides is 4. The maximum Gasteiger partial charge on any atom is 0.417 e. The molecule has 1 heterocycles. The summed E-state index contributed by atoms with van der Waals surface area (Å²) in [5.74, 6) is -0.441. The highest BCUT2D eigenvalue weighted by Crippen LogP contribution is 2.39. The summed E-state index contributed by atoms with van der Waals surface area (Å²) in [6, 6.07) is 4.90. The van der Waals surface area contributed by atoms with Crippen LogP contribution in [0.3, 0.4) is 0 Å². The smallest absolute Gasteiger partial charge is 0.417 e. The van der Waals surface area contributed by atoms with E-state index in [1.807, 2.05) is 6.92 Å². The Morgan fingerprint density at radius 2 is 2.04 bits per heavy atom. The Balaban J connectivity index is 2.37. The number of rotatable bonds is 7. The van der Waals surface area contributed by atoms with Gasteiger partial charge in [-0.15, -0.1) is 0 Å². The molecule has 0 spiro atoms. The maximum absolute atomic E-state index is 13.4. The summed E-state index contributed by atoms with van der Waals surface area (Å²) in [5, 5.41) is 3.66. The molecule has 1 atom stereocenters. The van der Waals surface area contributed by atoms with Crippen molar-refractivity contribution < 1.29 is 32.0 Å². The number of hydrogen-bond acceptors (Lipinski definition) is 5. The van der Waals surface area contributed by atoms with Crippen molar-refractivity contribution in [2.24, 2.45) is 0 Å². The third-order valence-corrected chi connectivity index (χ3v) is 4.14. The highest BCUT2D eigenvalue weighted by atomic mass is 79.9. The van der Waals surface area contributed by atoms with Gasteiger partial charge in [0.05, 0.1) is 18.8 Å². The predicted molar refractivity (Wildman–Crippen MR) is 91.0 cm³/mol. The summed E-state index contributed by atoms with van der Waals surface area (Å²) < 4.78 is 55.4. The highest BCUT2D eigenvalue weighted by Gasteiger charge is 2.35. The number of aromatic nitrogens is 1. The molecule has 0 aliphatic heterocycles. The first-order valence-electron chi connectivity index (χ1n) is 7.89. The Kier molecular flexibility index (Phi) is 6.69. The van der Waals surface area contributed by atoms with Gasteiger partial charge in [-0.1, -0.05) is 28.0 Å². The van der Waals surface area contributed by atoms with Crippen molar-refractivity contribution in [1.29, 1.82) is 0 Å². The van der Waals surface area contributed by atoms with Crippen LogP contribution in [-0.2, 0) is 15.7 Å². The van der Waals surface area contributed by atoms with Gasteiger partial charge in [-0.05, 0) is 31.5 Å². The van der Waals surface area contributed by atoms with Gasteiger partial charge in [0.1, 0.15) is 11.4 Å². The van der Waals surface area contributed by atoms with Crippen LogP contribution in [0.2, 0.25) is 0 Å². The van der Waals surface area contributed by atoms with E-state index in [1.165, 1.54) is 18.2 Å². The lowest BCUT2D eigenvalue weighted by Crippen LogP contribution is -2.10. The van der Waals surface area contributed by atoms with Gasteiger partial charge in [-0.3, -0.25) is 4.79 Å². The minimum atomic E-state index is -4.60. The number of carbonyl (C=O) groups is 1. The van der Waals surface area contributed by atoms with Crippen LogP contribution >= 0.6 is 15.9 Å². The second kappa shape index (κ2) is 8.57. The molecule has 1 aromatic carbocycles. The lowest BCUT2D eigenvalue weighted by molar-refractivity contribution is -0.142. The number of hydrogen-bond donors (Lipinski definition) is 0. The third-order valence-electron chi connectivity index (χ3n) is 3.32. The fraction of sp³-hybridized carbons (Fsp3) is 0.412. The summed E-state index contributed by atoms with van der Waals surface area (Å²) in [6.07, 6.45) is -3.93. The second-order valence-electron chi connectivity index (χ2n) is 5.28. The van der Waals surface area contributed by atoms with Gasteiger partial charge in [-0.2, -0.15) is 13.2 Å². The van der Waals surface area contributed by atoms with Crippen molar-refractivity contribution >= 4 is 21.9 Å². The molecule has 0 aliphatic carbocycles. The highest BCUT2D eigenvalue weighted by molar-refractivity contribution is 9.09. The predicted octanol–water partition coefficient (Wildman–Crippen LogP) is 5.15. The molecule has 142 valence electrons. The molecule has 2 aromatic rings. The molecule has 0 bridgehead atoms. The van der Waals surface area contributed by atoms with Crippen LogP contribution < -0.4 is 4.74 Å². The Morgan fingerprint density at radius 1 is 1.31 bits per heavy atom. The van der Waals surface area contributed by atoms with Crippen LogP contribution in [0, 0.1) is 0 Å². The Bertz CT molecular complexity index is 761. The average molecular weight is 436 g/mol.